The van der Waals surface area contributed by atoms with E-state index < -0.39 is 0 Å². The van der Waals surface area contributed by atoms with Crippen LogP contribution in [-0.4, -0.2) is 36.1 Å². The molecule has 0 unspecified atom stereocenters. The molecule has 1 aliphatic rings. The molecule has 0 bridgehead atoms. The van der Waals surface area contributed by atoms with Gasteiger partial charge in [-0.25, -0.2) is 4.98 Å². The first kappa shape index (κ1) is 10.4. The van der Waals surface area contributed by atoms with Crippen molar-refractivity contribution in [2.24, 2.45) is 0 Å². The summed E-state index contributed by atoms with van der Waals surface area (Å²) in [4.78, 5) is 6.72. The van der Waals surface area contributed by atoms with Crippen molar-refractivity contribution in [2.45, 2.75) is 13.5 Å². The van der Waals surface area contributed by atoms with Crippen LogP contribution in [0.25, 0.3) is 0 Å². The first-order chi connectivity index (χ1) is 7.25. The van der Waals surface area contributed by atoms with E-state index >= 15 is 0 Å². The topological polar surface area (TPSA) is 54.2 Å². The van der Waals surface area contributed by atoms with Crippen molar-refractivity contribution in [1.29, 1.82) is 0 Å². The standard InChI is InChI=1S/C11H18N4/c1-9-10(2-3-11(12)14-9)8-15-6-4-13-5-7-15/h2-3,13H,4-8H2,1H3,(H2,12,14). The Bertz CT molecular complexity index is 331. The second-order valence-corrected chi connectivity index (χ2v) is 4.01. The van der Waals surface area contributed by atoms with Crippen LogP contribution in [0.2, 0.25) is 0 Å². The Morgan fingerprint density at radius 3 is 2.80 bits per heavy atom. The van der Waals surface area contributed by atoms with Crippen molar-refractivity contribution in [3.05, 3.63) is 23.4 Å². The van der Waals surface area contributed by atoms with Crippen molar-refractivity contribution in [3.8, 4) is 0 Å². The van der Waals surface area contributed by atoms with E-state index in [-0.39, 0.29) is 0 Å². The minimum atomic E-state index is 0.608. The van der Waals surface area contributed by atoms with Crippen LogP contribution in [-0.2, 0) is 6.54 Å². The number of pyridine rings is 1. The fraction of sp³-hybridized carbons (Fsp3) is 0.545. The zero-order valence-electron chi connectivity index (χ0n) is 9.16. The maximum atomic E-state index is 5.63. The molecule has 82 valence electrons. The smallest absolute Gasteiger partial charge is 0.123 e. The quantitative estimate of drug-likeness (QED) is 0.734. The molecule has 1 fully saturated rings. The number of aromatic nitrogens is 1. The third-order valence-corrected chi connectivity index (χ3v) is 2.82. The Hall–Kier alpha value is -1.13. The lowest BCUT2D eigenvalue weighted by Gasteiger charge is -2.27. The first-order valence-electron chi connectivity index (χ1n) is 5.41. The number of aryl methyl sites for hydroxylation is 1. The van der Waals surface area contributed by atoms with Gasteiger partial charge in [-0.2, -0.15) is 0 Å². The fourth-order valence-corrected chi connectivity index (χ4v) is 1.89. The molecule has 0 aliphatic carbocycles. The molecular formula is C11H18N4. The van der Waals surface area contributed by atoms with Gasteiger partial charge >= 0.3 is 0 Å². The summed E-state index contributed by atoms with van der Waals surface area (Å²) in [6.45, 7) is 7.41. The molecule has 3 N–H and O–H groups in total. The minimum absolute atomic E-state index is 0.608. The van der Waals surface area contributed by atoms with Crippen LogP contribution in [0, 0.1) is 6.92 Å². The van der Waals surface area contributed by atoms with E-state index in [1.54, 1.807) is 0 Å². The van der Waals surface area contributed by atoms with E-state index in [9.17, 15) is 0 Å². The van der Waals surface area contributed by atoms with E-state index in [0.29, 0.717) is 5.82 Å². The average molecular weight is 206 g/mol. The summed E-state index contributed by atoms with van der Waals surface area (Å²) in [5.74, 6) is 0.608. The van der Waals surface area contributed by atoms with E-state index in [4.69, 9.17) is 5.73 Å². The molecule has 15 heavy (non-hydrogen) atoms. The lowest BCUT2D eigenvalue weighted by molar-refractivity contribution is 0.232. The number of nitrogens with one attached hydrogen (secondary N) is 1. The van der Waals surface area contributed by atoms with Gasteiger partial charge in [0.15, 0.2) is 0 Å². The molecule has 0 amide bonds. The van der Waals surface area contributed by atoms with Crippen LogP contribution in [0.15, 0.2) is 12.1 Å². The van der Waals surface area contributed by atoms with Gasteiger partial charge < -0.3 is 11.1 Å². The predicted molar refractivity (Wildman–Crippen MR) is 61.5 cm³/mol. The molecule has 0 spiro atoms. The van der Waals surface area contributed by atoms with Gasteiger partial charge in [0.1, 0.15) is 5.82 Å². The van der Waals surface area contributed by atoms with Crippen LogP contribution in [0.5, 0.6) is 0 Å². The summed E-state index contributed by atoms with van der Waals surface area (Å²) < 4.78 is 0. The average Bonchev–Trinajstić information content (AvgIpc) is 2.24. The Morgan fingerprint density at radius 1 is 1.40 bits per heavy atom. The van der Waals surface area contributed by atoms with Gasteiger partial charge in [-0.1, -0.05) is 6.07 Å². The first-order valence-corrected chi connectivity index (χ1v) is 5.41. The Labute approximate surface area is 90.5 Å². The van der Waals surface area contributed by atoms with Crippen LogP contribution in [0.1, 0.15) is 11.3 Å². The molecule has 1 aromatic heterocycles. The van der Waals surface area contributed by atoms with E-state index in [1.807, 2.05) is 13.0 Å². The van der Waals surface area contributed by atoms with Gasteiger partial charge in [-0.15, -0.1) is 0 Å². The summed E-state index contributed by atoms with van der Waals surface area (Å²) in [5, 5.41) is 3.35. The van der Waals surface area contributed by atoms with Gasteiger partial charge in [0.25, 0.3) is 0 Å². The van der Waals surface area contributed by atoms with E-state index in [2.05, 4.69) is 21.3 Å². The highest BCUT2D eigenvalue weighted by Gasteiger charge is 2.11. The van der Waals surface area contributed by atoms with Crippen molar-refractivity contribution < 1.29 is 0 Å². The molecule has 0 aromatic carbocycles. The maximum Gasteiger partial charge on any atom is 0.123 e. The lowest BCUT2D eigenvalue weighted by Crippen LogP contribution is -2.43. The molecule has 0 radical (unpaired) electrons. The third-order valence-electron chi connectivity index (χ3n) is 2.82. The van der Waals surface area contributed by atoms with Gasteiger partial charge in [0.2, 0.25) is 0 Å². The summed E-state index contributed by atoms with van der Waals surface area (Å²) >= 11 is 0. The molecular weight excluding hydrogens is 188 g/mol. The highest BCUT2D eigenvalue weighted by Crippen LogP contribution is 2.11. The molecule has 4 nitrogen and oxygen atoms in total. The predicted octanol–water partition coefficient (Wildman–Crippen LogP) is 0.377. The summed E-state index contributed by atoms with van der Waals surface area (Å²) in [6.07, 6.45) is 0. The number of piperazine rings is 1. The molecule has 1 aromatic rings. The maximum absolute atomic E-state index is 5.63. The normalized spacial score (nSPS) is 17.9. The number of nitrogens with two attached hydrogens (primary N) is 1. The molecule has 2 rings (SSSR count). The molecule has 2 heterocycles. The van der Waals surface area contributed by atoms with Gasteiger partial charge in [-0.3, -0.25) is 4.90 Å². The Balaban J connectivity index is 2.03. The van der Waals surface area contributed by atoms with Crippen LogP contribution in [0.4, 0.5) is 5.82 Å². The fourth-order valence-electron chi connectivity index (χ4n) is 1.89. The lowest BCUT2D eigenvalue weighted by atomic mass is 10.2. The summed E-state index contributed by atoms with van der Waals surface area (Å²) in [6, 6.07) is 3.96. The monoisotopic (exact) mass is 206 g/mol. The van der Waals surface area contributed by atoms with Gasteiger partial charge in [0.05, 0.1) is 0 Å². The van der Waals surface area contributed by atoms with Crippen molar-refractivity contribution in [1.82, 2.24) is 15.2 Å². The second-order valence-electron chi connectivity index (χ2n) is 4.01. The number of hydrogen-bond acceptors (Lipinski definition) is 4. The number of hydrogen-bond donors (Lipinski definition) is 2. The van der Waals surface area contributed by atoms with Gasteiger partial charge in [-0.05, 0) is 18.6 Å². The summed E-state index contributed by atoms with van der Waals surface area (Å²) in [7, 11) is 0. The Morgan fingerprint density at radius 2 is 2.13 bits per heavy atom. The molecule has 1 aliphatic heterocycles. The van der Waals surface area contributed by atoms with Crippen molar-refractivity contribution in [3.63, 3.8) is 0 Å². The number of nitrogen functional groups attached to an aromatic ring is 1. The van der Waals surface area contributed by atoms with Crippen LogP contribution >= 0.6 is 0 Å². The highest BCUT2D eigenvalue weighted by atomic mass is 15.2. The minimum Gasteiger partial charge on any atom is -0.384 e. The highest BCUT2D eigenvalue weighted by molar-refractivity contribution is 5.33. The van der Waals surface area contributed by atoms with Crippen molar-refractivity contribution >= 4 is 5.82 Å². The van der Waals surface area contributed by atoms with Crippen LogP contribution < -0.4 is 11.1 Å². The SMILES string of the molecule is Cc1nc(N)ccc1CN1CCNCC1. The molecule has 0 atom stereocenters. The van der Waals surface area contributed by atoms with E-state index in [0.717, 1.165) is 38.4 Å². The molecule has 0 saturated carbocycles. The molecule has 1 saturated heterocycles. The van der Waals surface area contributed by atoms with Crippen LogP contribution in [0.3, 0.4) is 0 Å². The van der Waals surface area contributed by atoms with Gasteiger partial charge in [0, 0.05) is 38.4 Å². The number of rotatable bonds is 2. The number of nitrogens with zero attached hydrogens (tertiary/aromatic N) is 2. The number of anilines is 1. The van der Waals surface area contributed by atoms with E-state index in [1.165, 1.54) is 5.56 Å². The molecule has 4 heteroatoms. The largest absolute Gasteiger partial charge is 0.384 e. The van der Waals surface area contributed by atoms with Crippen molar-refractivity contribution in [2.75, 3.05) is 31.9 Å². The zero-order valence-corrected chi connectivity index (χ0v) is 9.16. The second kappa shape index (κ2) is 4.59. The zero-order chi connectivity index (χ0) is 10.7. The Kier molecular flexibility index (Phi) is 3.18. The third kappa shape index (κ3) is 2.67. The summed E-state index contributed by atoms with van der Waals surface area (Å²) in [5.41, 5.74) is 7.96.